The summed E-state index contributed by atoms with van der Waals surface area (Å²) < 4.78 is 2.68. The Bertz CT molecular complexity index is 543. The maximum atomic E-state index is 12.0. The van der Waals surface area contributed by atoms with Crippen LogP contribution in [-0.2, 0) is 6.54 Å². The Morgan fingerprint density at radius 3 is 3.00 bits per heavy atom. The highest BCUT2D eigenvalue weighted by atomic mass is 79.9. The zero-order valence-electron chi connectivity index (χ0n) is 10.5. The lowest BCUT2D eigenvalue weighted by atomic mass is 10.4. The van der Waals surface area contributed by atoms with E-state index in [4.69, 9.17) is 0 Å². The molecule has 1 N–H and O–H groups in total. The Balaban J connectivity index is 1.87. The number of imidazole rings is 1. The average molecular weight is 324 g/mol. The number of hydrogen-bond acceptors (Lipinski definition) is 3. The summed E-state index contributed by atoms with van der Waals surface area (Å²) in [7, 11) is 1.75. The van der Waals surface area contributed by atoms with Gasteiger partial charge >= 0.3 is 6.03 Å². The molecule has 0 fully saturated rings. The molecular formula is C12H14BrN5O. The summed E-state index contributed by atoms with van der Waals surface area (Å²) >= 11 is 3.34. The summed E-state index contributed by atoms with van der Waals surface area (Å²) in [4.78, 5) is 21.5. The van der Waals surface area contributed by atoms with Gasteiger partial charge in [0.15, 0.2) is 0 Å². The van der Waals surface area contributed by atoms with Gasteiger partial charge in [-0.2, -0.15) is 0 Å². The fourth-order valence-corrected chi connectivity index (χ4v) is 1.82. The molecular weight excluding hydrogens is 310 g/mol. The van der Waals surface area contributed by atoms with E-state index < -0.39 is 0 Å². The van der Waals surface area contributed by atoms with E-state index in [9.17, 15) is 4.79 Å². The van der Waals surface area contributed by atoms with Gasteiger partial charge < -0.3 is 14.8 Å². The summed E-state index contributed by atoms with van der Waals surface area (Å²) in [6, 6.07) is 1.58. The smallest absolute Gasteiger partial charge is 0.321 e. The van der Waals surface area contributed by atoms with E-state index in [2.05, 4.69) is 31.2 Å². The molecule has 0 aliphatic heterocycles. The second kappa shape index (κ2) is 6.33. The van der Waals surface area contributed by atoms with E-state index in [1.165, 1.54) is 0 Å². The van der Waals surface area contributed by atoms with E-state index in [1.807, 2.05) is 10.8 Å². The third-order valence-corrected chi connectivity index (χ3v) is 3.25. The Kier molecular flexibility index (Phi) is 4.51. The van der Waals surface area contributed by atoms with Crippen LogP contribution in [0.5, 0.6) is 0 Å². The van der Waals surface area contributed by atoms with Crippen molar-refractivity contribution in [3.8, 4) is 0 Å². The maximum absolute atomic E-state index is 12.0. The van der Waals surface area contributed by atoms with Crippen LogP contribution in [0.25, 0.3) is 0 Å². The molecule has 7 heteroatoms. The first-order chi connectivity index (χ1) is 9.16. The lowest BCUT2D eigenvalue weighted by Crippen LogP contribution is -2.33. The number of carbonyl (C=O) groups excluding carboxylic acids is 1. The molecule has 19 heavy (non-hydrogen) atoms. The minimum Gasteiger partial charge on any atom is -0.336 e. The standard InChI is InChI=1S/C12H14BrN5O/c1-17(6-7-18-5-4-15-9-18)12(19)16-11-2-3-14-8-10(11)13/h2-5,8-9H,6-7H2,1H3,(H,14,16,19). The predicted molar refractivity (Wildman–Crippen MR) is 75.8 cm³/mol. The zero-order chi connectivity index (χ0) is 13.7. The van der Waals surface area contributed by atoms with Crippen LogP contribution < -0.4 is 5.32 Å². The first-order valence-electron chi connectivity index (χ1n) is 5.74. The van der Waals surface area contributed by atoms with Gasteiger partial charge in [0.1, 0.15) is 0 Å². The molecule has 0 atom stereocenters. The number of amides is 2. The van der Waals surface area contributed by atoms with Gasteiger partial charge in [0, 0.05) is 44.9 Å². The van der Waals surface area contributed by atoms with Crippen LogP contribution in [0.1, 0.15) is 0 Å². The lowest BCUT2D eigenvalue weighted by Gasteiger charge is -2.18. The summed E-state index contributed by atoms with van der Waals surface area (Å²) in [6.07, 6.45) is 8.58. The van der Waals surface area contributed by atoms with Crippen molar-refractivity contribution in [3.05, 3.63) is 41.7 Å². The van der Waals surface area contributed by atoms with Crippen molar-refractivity contribution < 1.29 is 4.79 Å². The number of likely N-dealkylation sites (N-methyl/N-ethyl adjacent to an activating group) is 1. The number of rotatable bonds is 4. The number of anilines is 1. The van der Waals surface area contributed by atoms with Crippen LogP contribution in [0.4, 0.5) is 10.5 Å². The minimum absolute atomic E-state index is 0.160. The van der Waals surface area contributed by atoms with E-state index in [1.54, 1.807) is 42.9 Å². The zero-order valence-corrected chi connectivity index (χ0v) is 12.0. The molecule has 2 aromatic rings. The van der Waals surface area contributed by atoms with E-state index >= 15 is 0 Å². The molecule has 0 aromatic carbocycles. The number of urea groups is 1. The van der Waals surface area contributed by atoms with Crippen LogP contribution in [0, 0.1) is 0 Å². The van der Waals surface area contributed by atoms with E-state index in [0.717, 1.165) is 4.47 Å². The van der Waals surface area contributed by atoms with Gasteiger partial charge in [-0.3, -0.25) is 4.98 Å². The Labute approximate surface area is 119 Å². The molecule has 0 aliphatic carbocycles. The molecule has 0 saturated carbocycles. The molecule has 100 valence electrons. The summed E-state index contributed by atoms with van der Waals surface area (Å²) in [5.74, 6) is 0. The fraction of sp³-hybridized carbons (Fsp3) is 0.250. The van der Waals surface area contributed by atoms with Crippen molar-refractivity contribution in [2.45, 2.75) is 6.54 Å². The molecule has 2 heterocycles. The maximum Gasteiger partial charge on any atom is 0.321 e. The molecule has 0 saturated heterocycles. The normalized spacial score (nSPS) is 10.2. The van der Waals surface area contributed by atoms with Crippen molar-refractivity contribution in [1.29, 1.82) is 0 Å². The van der Waals surface area contributed by atoms with Gasteiger partial charge in [0.25, 0.3) is 0 Å². The second-order valence-corrected chi connectivity index (χ2v) is 4.86. The van der Waals surface area contributed by atoms with Crippen molar-refractivity contribution in [2.75, 3.05) is 18.9 Å². The molecule has 6 nitrogen and oxygen atoms in total. The minimum atomic E-state index is -0.160. The van der Waals surface area contributed by atoms with Gasteiger partial charge in [0.05, 0.1) is 16.5 Å². The third kappa shape index (κ3) is 3.78. The topological polar surface area (TPSA) is 63.1 Å². The van der Waals surface area contributed by atoms with Crippen LogP contribution in [0.2, 0.25) is 0 Å². The number of pyridine rings is 1. The molecule has 0 bridgehead atoms. The van der Waals surface area contributed by atoms with Crippen molar-refractivity contribution >= 4 is 27.6 Å². The quantitative estimate of drug-likeness (QED) is 0.938. The van der Waals surface area contributed by atoms with Crippen LogP contribution in [-0.4, -0.2) is 39.1 Å². The molecule has 0 spiro atoms. The number of nitrogens with one attached hydrogen (secondary N) is 1. The fourth-order valence-electron chi connectivity index (χ4n) is 1.47. The van der Waals surface area contributed by atoms with Gasteiger partial charge in [-0.05, 0) is 22.0 Å². The number of hydrogen-bond donors (Lipinski definition) is 1. The Hall–Kier alpha value is -1.89. The summed E-state index contributed by atoms with van der Waals surface area (Å²) in [5.41, 5.74) is 0.703. The molecule has 2 aromatic heterocycles. The van der Waals surface area contributed by atoms with Crippen LogP contribution >= 0.6 is 15.9 Å². The largest absolute Gasteiger partial charge is 0.336 e. The number of nitrogens with zero attached hydrogens (tertiary/aromatic N) is 4. The second-order valence-electron chi connectivity index (χ2n) is 4.01. The lowest BCUT2D eigenvalue weighted by molar-refractivity contribution is 0.220. The molecule has 2 amide bonds. The van der Waals surface area contributed by atoms with Gasteiger partial charge in [-0.1, -0.05) is 0 Å². The van der Waals surface area contributed by atoms with E-state index in [-0.39, 0.29) is 6.03 Å². The summed E-state index contributed by atoms with van der Waals surface area (Å²) in [5, 5.41) is 2.82. The van der Waals surface area contributed by atoms with Crippen LogP contribution in [0.3, 0.4) is 0 Å². The van der Waals surface area contributed by atoms with Gasteiger partial charge in [-0.25, -0.2) is 9.78 Å². The first kappa shape index (κ1) is 13.5. The van der Waals surface area contributed by atoms with Gasteiger partial charge in [0.2, 0.25) is 0 Å². The summed E-state index contributed by atoms with van der Waals surface area (Å²) in [6.45, 7) is 1.31. The van der Waals surface area contributed by atoms with Crippen molar-refractivity contribution in [1.82, 2.24) is 19.4 Å². The number of halogens is 1. The predicted octanol–water partition coefficient (Wildman–Crippen LogP) is 2.20. The highest BCUT2D eigenvalue weighted by Crippen LogP contribution is 2.20. The molecule has 2 rings (SSSR count). The Morgan fingerprint density at radius 1 is 1.47 bits per heavy atom. The van der Waals surface area contributed by atoms with Gasteiger partial charge in [-0.15, -0.1) is 0 Å². The van der Waals surface area contributed by atoms with Crippen LogP contribution in [0.15, 0.2) is 41.7 Å². The monoisotopic (exact) mass is 323 g/mol. The first-order valence-corrected chi connectivity index (χ1v) is 6.53. The molecule has 0 aliphatic rings. The highest BCUT2D eigenvalue weighted by molar-refractivity contribution is 9.10. The SMILES string of the molecule is CN(CCn1ccnc1)C(=O)Nc1ccncc1Br. The highest BCUT2D eigenvalue weighted by Gasteiger charge is 2.10. The average Bonchev–Trinajstić information content (AvgIpc) is 2.91. The number of aromatic nitrogens is 3. The number of carbonyl (C=O) groups is 1. The third-order valence-electron chi connectivity index (χ3n) is 2.61. The molecule has 0 radical (unpaired) electrons. The van der Waals surface area contributed by atoms with Crippen molar-refractivity contribution in [2.24, 2.45) is 0 Å². The van der Waals surface area contributed by atoms with E-state index in [0.29, 0.717) is 18.8 Å². The Morgan fingerprint density at radius 2 is 2.32 bits per heavy atom. The van der Waals surface area contributed by atoms with Crippen molar-refractivity contribution in [3.63, 3.8) is 0 Å². The molecule has 0 unspecified atom stereocenters.